The van der Waals surface area contributed by atoms with Crippen molar-refractivity contribution in [1.29, 1.82) is 0 Å². The van der Waals surface area contributed by atoms with E-state index in [2.05, 4.69) is 66.5 Å². The third-order valence-corrected chi connectivity index (χ3v) is 13.8. The number of halogens is 2. The Hall–Kier alpha value is 0.960. The molecule has 0 nitrogen and oxygen atoms in total. The molecule has 4 saturated carbocycles. The van der Waals surface area contributed by atoms with E-state index in [-0.39, 0.29) is 0 Å². The highest BCUT2D eigenvalue weighted by atomic mass is 79.9. The van der Waals surface area contributed by atoms with Gasteiger partial charge in [0, 0.05) is 9.65 Å². The van der Waals surface area contributed by atoms with Gasteiger partial charge in [0.05, 0.1) is 0 Å². The lowest BCUT2D eigenvalue weighted by Gasteiger charge is -2.62. The van der Waals surface area contributed by atoms with Crippen molar-refractivity contribution in [1.82, 2.24) is 0 Å². The van der Waals surface area contributed by atoms with Crippen LogP contribution in [-0.2, 0) is 0 Å². The molecule has 0 unspecified atom stereocenters. The van der Waals surface area contributed by atoms with Crippen molar-refractivity contribution in [3.8, 4) is 0 Å². The Kier molecular flexibility index (Phi) is 6.95. The normalized spacial score (nSPS) is 50.7. The van der Waals surface area contributed by atoms with Crippen molar-refractivity contribution >= 4 is 31.9 Å². The van der Waals surface area contributed by atoms with E-state index in [1.165, 1.54) is 70.6 Å². The summed E-state index contributed by atoms with van der Waals surface area (Å²) in [5, 5.41) is 0. The predicted molar refractivity (Wildman–Crippen MR) is 134 cm³/mol. The first kappa shape index (κ1) is 23.1. The number of rotatable bonds is 5. The van der Waals surface area contributed by atoms with Crippen LogP contribution in [0, 0.1) is 52.3 Å². The molecule has 0 amide bonds. The summed E-state index contributed by atoms with van der Waals surface area (Å²) in [6, 6.07) is 0. The van der Waals surface area contributed by atoms with Crippen molar-refractivity contribution in [2.45, 2.75) is 115 Å². The summed E-state index contributed by atoms with van der Waals surface area (Å²) in [6.45, 7) is 12.8. The van der Waals surface area contributed by atoms with E-state index in [4.69, 9.17) is 0 Å². The van der Waals surface area contributed by atoms with E-state index < -0.39 is 0 Å². The van der Waals surface area contributed by atoms with E-state index in [1.54, 1.807) is 0 Å². The third-order valence-electron chi connectivity index (χ3n) is 10.8. The Bertz CT molecular complexity index is 573. The highest BCUT2D eigenvalue weighted by Gasteiger charge is 2.61. The largest absolute Gasteiger partial charge is 0.0878 e. The van der Waals surface area contributed by atoms with Gasteiger partial charge >= 0.3 is 0 Å². The monoisotopic (exact) mass is 528 g/mol. The molecule has 10 atom stereocenters. The average molecular weight is 530 g/mol. The second-order valence-electron chi connectivity index (χ2n) is 12.6. The molecule has 4 aliphatic carbocycles. The second kappa shape index (κ2) is 8.72. The van der Waals surface area contributed by atoms with E-state index in [0.29, 0.717) is 20.5 Å². The topological polar surface area (TPSA) is 0 Å². The minimum absolute atomic E-state index is 0.587. The highest BCUT2D eigenvalue weighted by molar-refractivity contribution is 9.12. The molecule has 0 spiro atoms. The summed E-state index contributed by atoms with van der Waals surface area (Å²) < 4.78 is 0. The van der Waals surface area contributed by atoms with E-state index in [1.807, 2.05) is 0 Å². The van der Waals surface area contributed by atoms with Gasteiger partial charge in [-0.2, -0.15) is 0 Å². The van der Waals surface area contributed by atoms with Crippen LogP contribution in [0.3, 0.4) is 0 Å². The molecule has 0 radical (unpaired) electrons. The number of alkyl halides is 2. The summed E-state index contributed by atoms with van der Waals surface area (Å²) in [5.41, 5.74) is 1.23. The van der Waals surface area contributed by atoms with Gasteiger partial charge in [-0.25, -0.2) is 0 Å². The Labute approximate surface area is 198 Å². The zero-order valence-corrected chi connectivity index (χ0v) is 22.9. The maximum Gasteiger partial charge on any atom is 0.0304 e. The average Bonchev–Trinajstić information content (AvgIpc) is 3.02. The van der Waals surface area contributed by atoms with Gasteiger partial charge in [0.15, 0.2) is 0 Å². The lowest BCUT2D eigenvalue weighted by Crippen LogP contribution is -2.56. The molecule has 0 aliphatic heterocycles. The van der Waals surface area contributed by atoms with Crippen molar-refractivity contribution in [3.05, 3.63) is 0 Å². The van der Waals surface area contributed by atoms with E-state index in [0.717, 1.165) is 41.4 Å². The first-order chi connectivity index (χ1) is 13.7. The van der Waals surface area contributed by atoms with Crippen LogP contribution < -0.4 is 0 Å². The van der Waals surface area contributed by atoms with Gasteiger partial charge in [-0.05, 0) is 104 Å². The first-order valence-corrected chi connectivity index (χ1v) is 14.8. The molecule has 168 valence electrons. The molecule has 0 heterocycles. The number of hydrogen-bond acceptors (Lipinski definition) is 0. The molecule has 0 aromatic carbocycles. The fourth-order valence-corrected chi connectivity index (χ4v) is 11.0. The van der Waals surface area contributed by atoms with Crippen LogP contribution >= 0.6 is 31.9 Å². The molecular formula is C27H46Br2. The number of hydrogen-bond donors (Lipinski definition) is 0. The molecule has 0 N–H and O–H groups in total. The maximum atomic E-state index is 4.13. The third kappa shape index (κ3) is 3.95. The van der Waals surface area contributed by atoms with E-state index >= 15 is 0 Å². The van der Waals surface area contributed by atoms with Gasteiger partial charge in [0.2, 0.25) is 0 Å². The molecule has 0 aromatic heterocycles. The lowest BCUT2D eigenvalue weighted by molar-refractivity contribution is -0.111. The maximum absolute atomic E-state index is 4.13. The van der Waals surface area contributed by atoms with Crippen LogP contribution in [-0.4, -0.2) is 9.65 Å². The van der Waals surface area contributed by atoms with Gasteiger partial charge < -0.3 is 0 Å². The Morgan fingerprint density at radius 3 is 2.14 bits per heavy atom. The van der Waals surface area contributed by atoms with Crippen molar-refractivity contribution in [2.75, 3.05) is 0 Å². The molecule has 0 saturated heterocycles. The molecule has 2 heteroatoms. The summed E-state index contributed by atoms with van der Waals surface area (Å²) >= 11 is 8.12. The highest BCUT2D eigenvalue weighted by Crippen LogP contribution is 2.69. The minimum atomic E-state index is 0.587. The minimum Gasteiger partial charge on any atom is -0.0878 e. The standard InChI is InChI=1S/C27H46Br2/c1-17(2)7-6-8-18(3)20-11-12-21-19-9-10-23-25(29)24(28)14-16-27(23,5)22(19)13-15-26(20,21)4/h17-25H,6-16H2,1-5H3/t18-,19+,20-,21+,22+,23+,24-,25+,26-,27-/m1/s1. The summed E-state index contributed by atoms with van der Waals surface area (Å²) in [4.78, 5) is 1.38. The fourth-order valence-electron chi connectivity index (χ4n) is 9.26. The Morgan fingerprint density at radius 2 is 1.41 bits per heavy atom. The SMILES string of the molecule is CC(C)CCC[C@@H](C)[C@H]1CC[C@H]2[C@@H]3CC[C@H]4[C@H](Br)[C@H](Br)CC[C@]4(C)[C@H]3CC[C@]12C. The predicted octanol–water partition coefficient (Wildman–Crippen LogP) is 9.24. The van der Waals surface area contributed by atoms with Crippen molar-refractivity contribution < 1.29 is 0 Å². The second-order valence-corrected chi connectivity index (χ2v) is 14.8. The van der Waals surface area contributed by atoms with Crippen LogP contribution in [0.1, 0.15) is 105 Å². The lowest BCUT2D eigenvalue weighted by atomic mass is 9.44. The smallest absolute Gasteiger partial charge is 0.0304 e. The molecule has 4 rings (SSSR count). The molecule has 29 heavy (non-hydrogen) atoms. The number of fused-ring (bicyclic) bond motifs is 5. The fraction of sp³-hybridized carbons (Fsp3) is 1.00. The van der Waals surface area contributed by atoms with Crippen LogP contribution in [0.2, 0.25) is 0 Å². The molecule has 4 aliphatic rings. The Morgan fingerprint density at radius 1 is 0.759 bits per heavy atom. The van der Waals surface area contributed by atoms with Gasteiger partial charge in [-0.1, -0.05) is 85.7 Å². The van der Waals surface area contributed by atoms with Gasteiger partial charge in [0.1, 0.15) is 0 Å². The zero-order valence-electron chi connectivity index (χ0n) is 19.7. The molecule has 0 aromatic rings. The molecule has 4 fully saturated rings. The van der Waals surface area contributed by atoms with Gasteiger partial charge in [-0.15, -0.1) is 0 Å². The molecule has 0 bridgehead atoms. The summed E-state index contributed by atoms with van der Waals surface area (Å²) in [6.07, 6.45) is 16.2. The quantitative estimate of drug-likeness (QED) is 0.311. The van der Waals surface area contributed by atoms with Crippen LogP contribution in [0.4, 0.5) is 0 Å². The van der Waals surface area contributed by atoms with Crippen molar-refractivity contribution in [2.24, 2.45) is 52.3 Å². The summed E-state index contributed by atoms with van der Waals surface area (Å²) in [7, 11) is 0. The van der Waals surface area contributed by atoms with Gasteiger partial charge in [0.25, 0.3) is 0 Å². The molecular weight excluding hydrogens is 484 g/mol. The van der Waals surface area contributed by atoms with E-state index in [9.17, 15) is 0 Å². The summed E-state index contributed by atoms with van der Waals surface area (Å²) in [5.74, 6) is 6.72. The Balaban J connectivity index is 1.48. The van der Waals surface area contributed by atoms with Crippen LogP contribution in [0.5, 0.6) is 0 Å². The van der Waals surface area contributed by atoms with Gasteiger partial charge in [-0.3, -0.25) is 0 Å². The van der Waals surface area contributed by atoms with Crippen LogP contribution in [0.15, 0.2) is 0 Å². The van der Waals surface area contributed by atoms with Crippen molar-refractivity contribution in [3.63, 3.8) is 0 Å². The first-order valence-electron chi connectivity index (χ1n) is 13.0. The van der Waals surface area contributed by atoms with Crippen LogP contribution in [0.25, 0.3) is 0 Å². The zero-order chi connectivity index (χ0) is 21.0.